The number of benzene rings is 1. The van der Waals surface area contributed by atoms with Crippen LogP contribution in [0.1, 0.15) is 49.0 Å². The molecule has 1 aromatic rings. The number of hydrogen-bond acceptors (Lipinski definition) is 2. The molecule has 0 heterocycles. The molecule has 1 unspecified atom stereocenters. The smallest absolute Gasteiger partial charge is 0.0398 e. The van der Waals surface area contributed by atoms with E-state index in [1.165, 1.54) is 36.8 Å². The first-order valence-corrected chi connectivity index (χ1v) is 7.58. The summed E-state index contributed by atoms with van der Waals surface area (Å²) in [6.45, 7) is 4.39. The van der Waals surface area contributed by atoms with Gasteiger partial charge in [0.15, 0.2) is 0 Å². The summed E-state index contributed by atoms with van der Waals surface area (Å²) in [4.78, 5) is 0. The van der Waals surface area contributed by atoms with Crippen LogP contribution in [0.3, 0.4) is 0 Å². The summed E-state index contributed by atoms with van der Waals surface area (Å²) >= 11 is 4.38. The first-order chi connectivity index (χ1) is 7.27. The van der Waals surface area contributed by atoms with Crippen molar-refractivity contribution in [1.29, 1.82) is 0 Å². The van der Waals surface area contributed by atoms with Crippen molar-refractivity contribution in [1.82, 2.24) is 0 Å². The third-order valence-electron chi connectivity index (χ3n) is 2.61. The van der Waals surface area contributed by atoms with Gasteiger partial charge in [0, 0.05) is 5.25 Å². The topological polar surface area (TPSA) is 0 Å². The van der Waals surface area contributed by atoms with Gasteiger partial charge in [-0.2, -0.15) is 0 Å². The van der Waals surface area contributed by atoms with Gasteiger partial charge in [-0.25, -0.2) is 0 Å². The van der Waals surface area contributed by atoms with E-state index in [-0.39, 0.29) is 0 Å². The maximum atomic E-state index is 4.38. The Morgan fingerprint density at radius 3 is 2.73 bits per heavy atom. The van der Waals surface area contributed by atoms with Crippen molar-refractivity contribution in [3.05, 3.63) is 35.4 Å². The molecule has 0 spiro atoms. The summed E-state index contributed by atoms with van der Waals surface area (Å²) in [6.07, 6.45) is 5.17. The molecule has 0 aliphatic carbocycles. The van der Waals surface area contributed by atoms with Crippen molar-refractivity contribution >= 4 is 22.5 Å². The Morgan fingerprint density at radius 1 is 1.33 bits per heavy atom. The lowest BCUT2D eigenvalue weighted by atomic mass is 10.0. The molecule has 0 radical (unpaired) electrons. The summed E-state index contributed by atoms with van der Waals surface area (Å²) in [5.74, 6) is 0. The van der Waals surface area contributed by atoms with Crippen LogP contribution in [0, 0.1) is 6.92 Å². The quantitative estimate of drug-likeness (QED) is 0.405. The zero-order chi connectivity index (χ0) is 11.1. The van der Waals surface area contributed by atoms with Crippen LogP contribution in [0.2, 0.25) is 0 Å². The largest absolute Gasteiger partial charge is 0.111 e. The molecular formula is C13H20S2. The van der Waals surface area contributed by atoms with E-state index in [0.29, 0.717) is 5.25 Å². The van der Waals surface area contributed by atoms with Crippen molar-refractivity contribution in [2.75, 3.05) is 0 Å². The molecular weight excluding hydrogens is 220 g/mol. The van der Waals surface area contributed by atoms with Gasteiger partial charge in [-0.3, -0.25) is 0 Å². The maximum absolute atomic E-state index is 4.38. The predicted molar refractivity (Wildman–Crippen MR) is 74.6 cm³/mol. The lowest BCUT2D eigenvalue weighted by molar-refractivity contribution is 0.661. The highest BCUT2D eigenvalue weighted by Crippen LogP contribution is 2.36. The van der Waals surface area contributed by atoms with Gasteiger partial charge in [0.05, 0.1) is 0 Å². The zero-order valence-electron chi connectivity index (χ0n) is 9.57. The van der Waals surface area contributed by atoms with Crippen LogP contribution < -0.4 is 0 Å². The van der Waals surface area contributed by atoms with Crippen LogP contribution in [-0.2, 0) is 0 Å². The third-order valence-corrected chi connectivity index (χ3v) is 4.14. The molecule has 15 heavy (non-hydrogen) atoms. The van der Waals surface area contributed by atoms with E-state index in [9.17, 15) is 0 Å². The second kappa shape index (κ2) is 7.24. The van der Waals surface area contributed by atoms with Crippen LogP contribution in [0.25, 0.3) is 0 Å². The Labute approximate surface area is 103 Å². The Bertz CT molecular complexity index is 284. The van der Waals surface area contributed by atoms with Gasteiger partial charge in [-0.15, -0.1) is 11.7 Å². The van der Waals surface area contributed by atoms with Crippen molar-refractivity contribution in [3.63, 3.8) is 0 Å². The lowest BCUT2D eigenvalue weighted by Crippen LogP contribution is -1.93. The summed E-state index contributed by atoms with van der Waals surface area (Å²) in [7, 11) is 1.68. The monoisotopic (exact) mass is 240 g/mol. The van der Waals surface area contributed by atoms with Crippen LogP contribution in [-0.4, -0.2) is 0 Å². The first-order valence-electron chi connectivity index (χ1n) is 5.64. The molecule has 0 aromatic heterocycles. The van der Waals surface area contributed by atoms with Gasteiger partial charge in [-0.05, 0) is 18.9 Å². The fraction of sp³-hybridized carbons (Fsp3) is 0.538. The normalized spacial score (nSPS) is 12.7. The standard InChI is InChI=1S/C13H20S2/c1-3-4-5-9-13(15-14)12-8-6-7-11(2)10-12/h6-8,10,13-14H,3-5,9H2,1-2H3. The molecule has 0 N–H and O–H groups in total. The minimum atomic E-state index is 0.555. The van der Waals surface area contributed by atoms with E-state index in [2.05, 4.69) is 49.8 Å². The highest BCUT2D eigenvalue weighted by molar-refractivity contribution is 8.68. The van der Waals surface area contributed by atoms with Gasteiger partial charge in [0.1, 0.15) is 0 Å². The van der Waals surface area contributed by atoms with Gasteiger partial charge in [0.25, 0.3) is 0 Å². The molecule has 1 rings (SSSR count). The van der Waals surface area contributed by atoms with E-state index >= 15 is 0 Å². The molecule has 1 aromatic carbocycles. The van der Waals surface area contributed by atoms with Crippen LogP contribution >= 0.6 is 22.5 Å². The van der Waals surface area contributed by atoms with Gasteiger partial charge in [0.2, 0.25) is 0 Å². The Balaban J connectivity index is 2.57. The Morgan fingerprint density at radius 2 is 2.13 bits per heavy atom. The van der Waals surface area contributed by atoms with Gasteiger partial charge in [-0.1, -0.05) is 66.8 Å². The molecule has 84 valence electrons. The Kier molecular flexibility index (Phi) is 6.26. The van der Waals surface area contributed by atoms with Gasteiger partial charge < -0.3 is 0 Å². The number of hydrogen-bond donors (Lipinski definition) is 1. The predicted octanol–water partition coefficient (Wildman–Crippen LogP) is 5.19. The van der Waals surface area contributed by atoms with Crippen molar-refractivity contribution in [2.24, 2.45) is 0 Å². The second-order valence-corrected chi connectivity index (χ2v) is 5.42. The van der Waals surface area contributed by atoms with E-state index in [1.54, 1.807) is 10.8 Å². The van der Waals surface area contributed by atoms with E-state index in [1.807, 2.05) is 0 Å². The molecule has 0 saturated heterocycles. The maximum Gasteiger partial charge on any atom is 0.0398 e. The van der Waals surface area contributed by atoms with E-state index < -0.39 is 0 Å². The van der Waals surface area contributed by atoms with Crippen LogP contribution in [0.15, 0.2) is 24.3 Å². The molecule has 1 atom stereocenters. The van der Waals surface area contributed by atoms with Crippen LogP contribution in [0.5, 0.6) is 0 Å². The molecule has 0 aliphatic heterocycles. The zero-order valence-corrected chi connectivity index (χ0v) is 11.3. The number of thiol groups is 1. The average Bonchev–Trinajstić information content (AvgIpc) is 2.24. The third kappa shape index (κ3) is 4.52. The molecule has 0 nitrogen and oxygen atoms in total. The Hall–Kier alpha value is -0.0800. The highest BCUT2D eigenvalue weighted by atomic mass is 33.1. The number of unbranched alkanes of at least 4 members (excludes halogenated alkanes) is 2. The average molecular weight is 240 g/mol. The first kappa shape index (κ1) is 13.0. The molecule has 0 aliphatic rings. The summed E-state index contributed by atoms with van der Waals surface area (Å²) in [5.41, 5.74) is 2.77. The van der Waals surface area contributed by atoms with E-state index in [0.717, 1.165) is 0 Å². The minimum Gasteiger partial charge on any atom is -0.111 e. The van der Waals surface area contributed by atoms with E-state index in [4.69, 9.17) is 0 Å². The molecule has 2 heteroatoms. The fourth-order valence-electron chi connectivity index (χ4n) is 1.73. The molecule has 0 saturated carbocycles. The molecule has 0 bridgehead atoms. The fourth-order valence-corrected chi connectivity index (χ4v) is 2.95. The molecule has 0 amide bonds. The SMILES string of the molecule is CCCCCC(SS)c1cccc(C)c1. The summed E-state index contributed by atoms with van der Waals surface area (Å²) in [5, 5.41) is 0.555. The summed E-state index contributed by atoms with van der Waals surface area (Å²) in [6, 6.07) is 8.78. The second-order valence-electron chi connectivity index (χ2n) is 4.00. The summed E-state index contributed by atoms with van der Waals surface area (Å²) < 4.78 is 0. The molecule has 0 fully saturated rings. The highest BCUT2D eigenvalue weighted by Gasteiger charge is 2.09. The van der Waals surface area contributed by atoms with Crippen molar-refractivity contribution < 1.29 is 0 Å². The number of rotatable bonds is 6. The van der Waals surface area contributed by atoms with Crippen molar-refractivity contribution in [2.45, 2.75) is 44.8 Å². The van der Waals surface area contributed by atoms with Crippen molar-refractivity contribution in [3.8, 4) is 0 Å². The van der Waals surface area contributed by atoms with Gasteiger partial charge >= 0.3 is 0 Å². The van der Waals surface area contributed by atoms with Crippen LogP contribution in [0.4, 0.5) is 0 Å². The minimum absolute atomic E-state index is 0.555. The lowest BCUT2D eigenvalue weighted by Gasteiger charge is -2.14. The number of aryl methyl sites for hydroxylation is 1.